The molecule has 1 aliphatic heterocycles. The Hall–Kier alpha value is -3.56. The van der Waals surface area contributed by atoms with Crippen molar-refractivity contribution in [2.75, 3.05) is 11.9 Å². The Labute approximate surface area is 201 Å². The number of anilines is 1. The second-order valence-electron chi connectivity index (χ2n) is 8.81. The van der Waals surface area contributed by atoms with Crippen molar-refractivity contribution in [2.24, 2.45) is 11.5 Å². The first kappa shape index (κ1) is 22.2. The molecule has 5 rings (SSSR count). The van der Waals surface area contributed by atoms with E-state index in [0.717, 1.165) is 18.4 Å². The second-order valence-corrected chi connectivity index (χ2v) is 9.24. The van der Waals surface area contributed by atoms with E-state index in [1.165, 1.54) is 21.2 Å². The van der Waals surface area contributed by atoms with Crippen LogP contribution in [0.2, 0.25) is 5.02 Å². The number of nitrogens with two attached hydrogens (primary N) is 2. The normalized spacial score (nSPS) is 21.5. The summed E-state index contributed by atoms with van der Waals surface area (Å²) in [6, 6.07) is 10.5. The number of rotatable bonds is 3. The molecule has 3 atom stereocenters. The minimum atomic E-state index is -0.706. The van der Waals surface area contributed by atoms with Gasteiger partial charge < -0.3 is 27.0 Å². The molecule has 0 saturated carbocycles. The Morgan fingerprint density at radius 2 is 1.91 bits per heavy atom. The van der Waals surface area contributed by atoms with Crippen molar-refractivity contribution in [3.05, 3.63) is 64.8 Å². The number of aryl methyl sites for hydroxylation is 1. The third kappa shape index (κ3) is 3.97. The molecule has 176 valence electrons. The van der Waals surface area contributed by atoms with Gasteiger partial charge in [-0.05, 0) is 48.6 Å². The number of para-hydroxylation sites is 1. The van der Waals surface area contributed by atoms with Crippen LogP contribution in [0.4, 0.5) is 15.3 Å². The van der Waals surface area contributed by atoms with E-state index in [9.17, 15) is 14.4 Å². The maximum atomic E-state index is 13.2. The number of carbonyl (C=O) groups excluding carboxylic acids is 3. The molecule has 1 unspecified atom stereocenters. The van der Waals surface area contributed by atoms with Gasteiger partial charge in [-0.3, -0.25) is 9.36 Å². The summed E-state index contributed by atoms with van der Waals surface area (Å²) in [4.78, 5) is 39.7. The molecule has 6 N–H and O–H groups in total. The quantitative estimate of drug-likeness (QED) is 0.458. The van der Waals surface area contributed by atoms with E-state index in [4.69, 9.17) is 23.1 Å². The number of amides is 4. The lowest BCUT2D eigenvalue weighted by atomic mass is 10.1. The number of likely N-dealkylation sites (tertiary alicyclic amines) is 1. The van der Waals surface area contributed by atoms with Gasteiger partial charge in [0.15, 0.2) is 0 Å². The number of hydrogen-bond donors (Lipinski definition) is 4. The van der Waals surface area contributed by atoms with Gasteiger partial charge in [-0.1, -0.05) is 35.9 Å². The van der Waals surface area contributed by atoms with Crippen molar-refractivity contribution in [1.29, 1.82) is 0 Å². The number of urea groups is 1. The highest BCUT2D eigenvalue weighted by Crippen LogP contribution is 2.34. The molecule has 2 aliphatic rings. The number of benzene rings is 2. The fourth-order valence-electron chi connectivity index (χ4n) is 4.98. The van der Waals surface area contributed by atoms with Gasteiger partial charge in [-0.25, -0.2) is 9.59 Å². The van der Waals surface area contributed by atoms with Gasteiger partial charge in [0, 0.05) is 29.2 Å². The molecule has 10 heteroatoms. The summed E-state index contributed by atoms with van der Waals surface area (Å²) in [6.07, 6.45) is 3.47. The van der Waals surface area contributed by atoms with Crippen LogP contribution in [0.3, 0.4) is 0 Å². The fraction of sp³-hybridized carbons (Fsp3) is 0.292. The highest BCUT2D eigenvalue weighted by molar-refractivity contribution is 6.30. The molecule has 1 saturated heterocycles. The summed E-state index contributed by atoms with van der Waals surface area (Å²) in [5.74, 6) is -0.250. The van der Waals surface area contributed by atoms with Crippen LogP contribution in [-0.4, -0.2) is 46.1 Å². The van der Waals surface area contributed by atoms with Crippen LogP contribution >= 0.6 is 11.6 Å². The van der Waals surface area contributed by atoms with Crippen LogP contribution in [0.15, 0.2) is 48.7 Å². The molecule has 1 fully saturated rings. The van der Waals surface area contributed by atoms with Crippen molar-refractivity contribution in [1.82, 2.24) is 14.8 Å². The molecule has 3 aromatic rings. The Bertz CT molecular complexity index is 1310. The third-order valence-electron chi connectivity index (χ3n) is 6.59. The molecular formula is C24H25ClN6O3. The van der Waals surface area contributed by atoms with Crippen molar-refractivity contribution in [2.45, 2.75) is 37.4 Å². The summed E-state index contributed by atoms with van der Waals surface area (Å²) in [5.41, 5.74) is 14.8. The minimum Gasteiger partial charge on any atom is -0.351 e. The largest absolute Gasteiger partial charge is 0.351 e. The molecule has 1 aromatic heterocycles. The van der Waals surface area contributed by atoms with E-state index in [1.54, 1.807) is 24.3 Å². The number of carbonyl (C=O) groups is 3. The van der Waals surface area contributed by atoms with Crippen LogP contribution in [0.25, 0.3) is 10.9 Å². The summed E-state index contributed by atoms with van der Waals surface area (Å²) >= 11 is 6.15. The van der Waals surface area contributed by atoms with Crippen molar-refractivity contribution in [3.8, 4) is 0 Å². The average Bonchev–Trinajstić information content (AvgIpc) is 3.49. The first-order valence-corrected chi connectivity index (χ1v) is 11.5. The van der Waals surface area contributed by atoms with E-state index >= 15 is 0 Å². The summed E-state index contributed by atoms with van der Waals surface area (Å²) in [6.45, 7) is 0.242. The number of nitrogens with zero attached hydrogens (tertiary/aromatic N) is 2. The number of hydrogen-bond acceptors (Lipinski definition) is 4. The number of nitrogens with one attached hydrogen (secondary N) is 2. The number of primary amides is 1. The summed E-state index contributed by atoms with van der Waals surface area (Å²) < 4.78 is 1.27. The van der Waals surface area contributed by atoms with E-state index in [-0.39, 0.29) is 24.5 Å². The van der Waals surface area contributed by atoms with Gasteiger partial charge in [0.2, 0.25) is 5.91 Å². The zero-order valence-electron chi connectivity index (χ0n) is 18.3. The summed E-state index contributed by atoms with van der Waals surface area (Å²) in [5, 5.41) is 7.20. The topological polar surface area (TPSA) is 135 Å². The van der Waals surface area contributed by atoms with Crippen LogP contribution in [0, 0.1) is 0 Å². The third-order valence-corrected chi connectivity index (χ3v) is 6.83. The maximum Gasteiger partial charge on any atom is 0.323 e. The van der Waals surface area contributed by atoms with E-state index < -0.39 is 18.1 Å². The number of fused-ring (bicyclic) bond motifs is 2. The highest BCUT2D eigenvalue weighted by atomic mass is 35.5. The lowest BCUT2D eigenvalue weighted by Gasteiger charge is -2.25. The van der Waals surface area contributed by atoms with Crippen LogP contribution in [0.1, 0.15) is 30.0 Å². The SMILES string of the molecule is NC(=O)n1cc(NC(=O)N2C[C@@H](N)C[C@H]2C(=O)NC2CCc3ccc(Cl)cc32)c2ccccc21. The molecule has 1 aliphatic carbocycles. The molecule has 0 spiro atoms. The zero-order chi connectivity index (χ0) is 24.0. The average molecular weight is 481 g/mol. The monoisotopic (exact) mass is 480 g/mol. The maximum absolute atomic E-state index is 13.2. The molecule has 2 heterocycles. The van der Waals surface area contributed by atoms with Crippen LogP contribution in [-0.2, 0) is 11.2 Å². The molecular weight excluding hydrogens is 456 g/mol. The predicted molar refractivity (Wildman–Crippen MR) is 130 cm³/mol. The van der Waals surface area contributed by atoms with Crippen LogP contribution in [0.5, 0.6) is 0 Å². The second kappa shape index (κ2) is 8.66. The smallest absolute Gasteiger partial charge is 0.323 e. The van der Waals surface area contributed by atoms with Crippen molar-refractivity contribution in [3.63, 3.8) is 0 Å². The Morgan fingerprint density at radius 1 is 1.12 bits per heavy atom. The first-order valence-electron chi connectivity index (χ1n) is 11.1. The van der Waals surface area contributed by atoms with Gasteiger partial charge >= 0.3 is 12.1 Å². The standard InChI is InChI=1S/C24H25ClN6O3/c25-14-7-5-13-6-8-18(17(13)9-14)28-22(32)21-10-15(26)11-31(21)24(34)29-19-12-30(23(27)33)20-4-2-1-3-16(19)20/h1-5,7,9,12,15,18,21H,6,8,10-11,26H2,(H2,27,33)(H,28,32)(H,29,34)/t15-,18?,21-/m0/s1. The lowest BCUT2D eigenvalue weighted by Crippen LogP contribution is -2.48. The highest BCUT2D eigenvalue weighted by Gasteiger charge is 2.39. The molecule has 34 heavy (non-hydrogen) atoms. The van der Waals surface area contributed by atoms with Gasteiger partial charge in [-0.2, -0.15) is 0 Å². The molecule has 0 radical (unpaired) electrons. The molecule has 0 bridgehead atoms. The van der Waals surface area contributed by atoms with E-state index in [1.807, 2.05) is 18.2 Å². The van der Waals surface area contributed by atoms with E-state index in [0.29, 0.717) is 28.0 Å². The Kier molecular flexibility index (Phi) is 5.66. The van der Waals surface area contributed by atoms with Crippen molar-refractivity contribution < 1.29 is 14.4 Å². The van der Waals surface area contributed by atoms with Gasteiger partial charge in [-0.15, -0.1) is 0 Å². The van der Waals surface area contributed by atoms with Crippen LogP contribution < -0.4 is 22.1 Å². The predicted octanol–water partition coefficient (Wildman–Crippen LogP) is 2.96. The molecule has 9 nitrogen and oxygen atoms in total. The lowest BCUT2D eigenvalue weighted by molar-refractivity contribution is -0.125. The van der Waals surface area contributed by atoms with Gasteiger partial charge in [0.05, 0.1) is 17.2 Å². The van der Waals surface area contributed by atoms with Gasteiger partial charge in [0.25, 0.3) is 0 Å². The van der Waals surface area contributed by atoms with Crippen molar-refractivity contribution >= 4 is 46.2 Å². The first-order chi connectivity index (χ1) is 16.3. The zero-order valence-corrected chi connectivity index (χ0v) is 19.1. The van der Waals surface area contributed by atoms with Gasteiger partial charge in [0.1, 0.15) is 6.04 Å². The Balaban J connectivity index is 1.34. The number of aromatic nitrogens is 1. The molecule has 4 amide bonds. The minimum absolute atomic E-state index is 0.156. The van der Waals surface area contributed by atoms with E-state index in [2.05, 4.69) is 10.6 Å². The fourth-order valence-corrected chi connectivity index (χ4v) is 5.16. The Morgan fingerprint density at radius 3 is 2.71 bits per heavy atom. The molecule has 2 aromatic carbocycles. The number of halogens is 1. The summed E-state index contributed by atoms with van der Waals surface area (Å²) in [7, 11) is 0.